The molecular weight excluding hydrogens is 428 g/mol. The van der Waals surface area contributed by atoms with Crippen molar-refractivity contribution in [3.8, 4) is 5.69 Å². The predicted molar refractivity (Wildman–Crippen MR) is 128 cm³/mol. The van der Waals surface area contributed by atoms with Crippen LogP contribution in [0.15, 0.2) is 40.3 Å². The van der Waals surface area contributed by atoms with E-state index in [1.807, 2.05) is 30.3 Å². The van der Waals surface area contributed by atoms with E-state index in [9.17, 15) is 9.59 Å². The number of unbranched alkanes of at least 4 members (excludes halogenated alkanes) is 2. The Morgan fingerprint density at radius 3 is 2.87 bits per heavy atom. The van der Waals surface area contributed by atoms with Crippen molar-refractivity contribution in [3.63, 3.8) is 0 Å². The number of fused-ring (bicyclic) bond motifs is 3. The number of carbonyl (C=O) groups excluding carboxylic acids is 1. The maximum absolute atomic E-state index is 13.7. The summed E-state index contributed by atoms with van der Waals surface area (Å²) in [5, 5.41) is 1.29. The molecule has 0 saturated heterocycles. The number of rotatable bonds is 8. The van der Waals surface area contributed by atoms with Crippen LogP contribution in [-0.4, -0.2) is 27.9 Å². The Hall–Kier alpha value is -2.12. The van der Waals surface area contributed by atoms with E-state index < -0.39 is 0 Å². The third-order valence-electron chi connectivity index (χ3n) is 5.64. The normalized spacial score (nSPS) is 15.7. The molecule has 3 aromatic rings. The largest absolute Gasteiger partial charge is 0.465 e. The molecule has 0 N–H and O–H groups in total. The number of thiophene rings is 1. The van der Waals surface area contributed by atoms with Gasteiger partial charge in [0.2, 0.25) is 0 Å². The number of hydrogen-bond acceptors (Lipinski definition) is 6. The lowest BCUT2D eigenvalue weighted by Crippen LogP contribution is -2.23. The number of carbonyl (C=O) groups is 1. The Bertz CT molecular complexity index is 1120. The number of para-hydroxylation sites is 1. The zero-order valence-electron chi connectivity index (χ0n) is 18.1. The minimum absolute atomic E-state index is 0.0398. The summed E-state index contributed by atoms with van der Waals surface area (Å²) in [5.74, 6) is 0.501. The van der Waals surface area contributed by atoms with Crippen LogP contribution in [0.5, 0.6) is 0 Å². The zero-order chi connectivity index (χ0) is 21.8. The first-order valence-electron chi connectivity index (χ1n) is 11.0. The van der Waals surface area contributed by atoms with Crippen molar-refractivity contribution in [1.29, 1.82) is 0 Å². The first kappa shape index (κ1) is 22.1. The minimum Gasteiger partial charge on any atom is -0.465 e. The summed E-state index contributed by atoms with van der Waals surface area (Å²) >= 11 is 2.91. The van der Waals surface area contributed by atoms with Crippen molar-refractivity contribution < 1.29 is 9.53 Å². The van der Waals surface area contributed by atoms with Crippen molar-refractivity contribution in [2.75, 3.05) is 12.4 Å². The Morgan fingerprint density at radius 2 is 2.10 bits per heavy atom. The SMILES string of the molecule is CCCCCOC(=O)CSc1nc2sc3c(c2c(=O)n1-c1ccccc1)CC[C@H](C)C3. The number of esters is 1. The highest BCUT2D eigenvalue weighted by molar-refractivity contribution is 7.99. The van der Waals surface area contributed by atoms with Crippen LogP contribution in [0.4, 0.5) is 0 Å². The predicted octanol–water partition coefficient (Wildman–Crippen LogP) is 5.40. The standard InChI is InChI=1S/C24H28N2O3S2/c1-3-4-8-13-29-20(27)15-30-24-25-22-21(18-12-11-16(2)14-19(18)31-22)23(28)26(24)17-9-6-5-7-10-17/h5-7,9-10,16H,3-4,8,11-15H2,1-2H3/t16-/m0/s1. The maximum Gasteiger partial charge on any atom is 0.316 e. The van der Waals surface area contributed by atoms with Crippen LogP contribution in [0, 0.1) is 5.92 Å². The molecule has 1 aromatic carbocycles. The van der Waals surface area contributed by atoms with E-state index in [1.165, 1.54) is 22.2 Å². The fourth-order valence-corrected chi connectivity index (χ4v) is 6.21. The summed E-state index contributed by atoms with van der Waals surface area (Å²) in [7, 11) is 0. The molecule has 0 unspecified atom stereocenters. The van der Waals surface area contributed by atoms with Gasteiger partial charge >= 0.3 is 5.97 Å². The smallest absolute Gasteiger partial charge is 0.316 e. The topological polar surface area (TPSA) is 61.2 Å². The summed E-state index contributed by atoms with van der Waals surface area (Å²) in [5.41, 5.74) is 1.90. The van der Waals surface area contributed by atoms with Crippen LogP contribution < -0.4 is 5.56 Å². The number of aryl methyl sites for hydroxylation is 1. The van der Waals surface area contributed by atoms with Gasteiger partial charge in [-0.3, -0.25) is 14.2 Å². The Labute approximate surface area is 190 Å². The first-order valence-corrected chi connectivity index (χ1v) is 12.8. The zero-order valence-corrected chi connectivity index (χ0v) is 19.7. The van der Waals surface area contributed by atoms with Crippen LogP contribution >= 0.6 is 23.1 Å². The molecule has 31 heavy (non-hydrogen) atoms. The second-order valence-corrected chi connectivity index (χ2v) is 10.1. The van der Waals surface area contributed by atoms with E-state index in [2.05, 4.69) is 13.8 Å². The van der Waals surface area contributed by atoms with Gasteiger partial charge in [-0.25, -0.2) is 4.98 Å². The van der Waals surface area contributed by atoms with Gasteiger partial charge in [0.05, 0.1) is 23.4 Å². The van der Waals surface area contributed by atoms with Crippen LogP contribution in [-0.2, 0) is 22.4 Å². The fraction of sp³-hybridized carbons (Fsp3) is 0.458. The number of thioether (sulfide) groups is 1. The van der Waals surface area contributed by atoms with E-state index >= 15 is 0 Å². The first-order chi connectivity index (χ1) is 15.1. The van der Waals surface area contributed by atoms with Crippen molar-refractivity contribution in [2.45, 2.75) is 57.5 Å². The highest BCUT2D eigenvalue weighted by Gasteiger charge is 2.25. The molecule has 1 atom stereocenters. The quantitative estimate of drug-likeness (QED) is 0.197. The van der Waals surface area contributed by atoms with E-state index in [4.69, 9.17) is 9.72 Å². The molecule has 0 saturated carbocycles. The van der Waals surface area contributed by atoms with E-state index in [0.29, 0.717) is 17.7 Å². The van der Waals surface area contributed by atoms with Gasteiger partial charge in [-0.1, -0.05) is 56.7 Å². The average molecular weight is 457 g/mol. The summed E-state index contributed by atoms with van der Waals surface area (Å²) in [6.07, 6.45) is 6.05. The molecule has 0 spiro atoms. The molecule has 0 radical (unpaired) electrons. The van der Waals surface area contributed by atoms with Crippen LogP contribution in [0.3, 0.4) is 0 Å². The average Bonchev–Trinajstić information content (AvgIpc) is 3.13. The van der Waals surface area contributed by atoms with E-state index in [-0.39, 0.29) is 17.3 Å². The highest BCUT2D eigenvalue weighted by atomic mass is 32.2. The van der Waals surface area contributed by atoms with Gasteiger partial charge in [-0.05, 0) is 49.3 Å². The number of ether oxygens (including phenoxy) is 1. The molecule has 0 amide bonds. The monoisotopic (exact) mass is 456 g/mol. The van der Waals surface area contributed by atoms with Gasteiger partial charge in [-0.2, -0.15) is 0 Å². The highest BCUT2D eigenvalue weighted by Crippen LogP contribution is 2.37. The van der Waals surface area contributed by atoms with Crippen molar-refractivity contribution in [2.24, 2.45) is 5.92 Å². The van der Waals surface area contributed by atoms with Crippen molar-refractivity contribution in [1.82, 2.24) is 9.55 Å². The van der Waals surface area contributed by atoms with Crippen molar-refractivity contribution in [3.05, 3.63) is 51.1 Å². The fourth-order valence-electron chi connectivity index (χ4n) is 3.98. The third-order valence-corrected chi connectivity index (χ3v) is 7.70. The summed E-state index contributed by atoms with van der Waals surface area (Å²) in [4.78, 5) is 32.8. The van der Waals surface area contributed by atoms with Gasteiger partial charge in [0.15, 0.2) is 5.16 Å². The number of aromatic nitrogens is 2. The summed E-state index contributed by atoms with van der Waals surface area (Å²) < 4.78 is 6.99. The van der Waals surface area contributed by atoms with Gasteiger partial charge in [0.25, 0.3) is 5.56 Å². The van der Waals surface area contributed by atoms with E-state index in [1.54, 1.807) is 15.9 Å². The molecule has 1 aliphatic carbocycles. The second kappa shape index (κ2) is 10.0. The number of nitrogens with zero attached hydrogens (tertiary/aromatic N) is 2. The van der Waals surface area contributed by atoms with Gasteiger partial charge < -0.3 is 4.74 Å². The lowest BCUT2D eigenvalue weighted by atomic mass is 9.89. The third kappa shape index (κ3) is 4.88. The van der Waals surface area contributed by atoms with Crippen LogP contribution in [0.1, 0.15) is 50.0 Å². The molecule has 0 aliphatic heterocycles. The maximum atomic E-state index is 13.7. The Morgan fingerprint density at radius 1 is 1.29 bits per heavy atom. The number of hydrogen-bond donors (Lipinski definition) is 0. The van der Waals surface area contributed by atoms with Gasteiger partial charge in [0, 0.05) is 4.88 Å². The molecule has 2 aromatic heterocycles. The Balaban J connectivity index is 1.68. The summed E-state index contributed by atoms with van der Waals surface area (Å²) in [6.45, 7) is 4.82. The van der Waals surface area contributed by atoms with Crippen LogP contribution in [0.2, 0.25) is 0 Å². The van der Waals surface area contributed by atoms with Crippen molar-refractivity contribution >= 4 is 39.3 Å². The molecule has 1 aliphatic rings. The molecule has 5 nitrogen and oxygen atoms in total. The second-order valence-electron chi connectivity index (χ2n) is 8.12. The molecule has 164 valence electrons. The molecule has 2 heterocycles. The number of benzene rings is 1. The molecule has 7 heteroatoms. The van der Waals surface area contributed by atoms with Gasteiger partial charge in [0.1, 0.15) is 4.83 Å². The summed E-state index contributed by atoms with van der Waals surface area (Å²) in [6, 6.07) is 9.56. The lowest BCUT2D eigenvalue weighted by molar-refractivity contribution is -0.140. The molecule has 0 bridgehead atoms. The molecule has 0 fully saturated rings. The molecular formula is C24H28N2O3S2. The lowest BCUT2D eigenvalue weighted by Gasteiger charge is -2.17. The minimum atomic E-state index is -0.269. The van der Waals surface area contributed by atoms with Gasteiger partial charge in [-0.15, -0.1) is 11.3 Å². The van der Waals surface area contributed by atoms with Crippen LogP contribution in [0.25, 0.3) is 15.9 Å². The van der Waals surface area contributed by atoms with E-state index in [0.717, 1.165) is 54.4 Å². The Kier molecular flexibility index (Phi) is 7.13. The molecule has 4 rings (SSSR count).